The summed E-state index contributed by atoms with van der Waals surface area (Å²) in [4.78, 5) is 27.5. The number of rotatable bonds is 3. The first-order valence-corrected chi connectivity index (χ1v) is 9.56. The molecule has 142 valence electrons. The van der Waals surface area contributed by atoms with Gasteiger partial charge in [-0.05, 0) is 68.0 Å². The maximum Gasteiger partial charge on any atom is 0.249 e. The Morgan fingerprint density at radius 2 is 1.81 bits per heavy atom. The summed E-state index contributed by atoms with van der Waals surface area (Å²) in [6.07, 6.45) is 5.95. The number of anilines is 1. The van der Waals surface area contributed by atoms with Crippen molar-refractivity contribution >= 4 is 17.5 Å². The van der Waals surface area contributed by atoms with Crippen LogP contribution in [-0.2, 0) is 16.1 Å². The topological polar surface area (TPSA) is 54.3 Å². The maximum atomic E-state index is 13.3. The highest BCUT2D eigenvalue weighted by molar-refractivity contribution is 6.02. The molecule has 2 aromatic rings. The lowest BCUT2D eigenvalue weighted by Gasteiger charge is -2.37. The van der Waals surface area contributed by atoms with Crippen molar-refractivity contribution in [2.24, 2.45) is 5.92 Å². The highest BCUT2D eigenvalue weighted by atomic mass is 19.1. The highest BCUT2D eigenvalue weighted by Crippen LogP contribution is 2.33. The van der Waals surface area contributed by atoms with Crippen molar-refractivity contribution in [2.75, 3.05) is 4.90 Å². The van der Waals surface area contributed by atoms with Gasteiger partial charge >= 0.3 is 0 Å². The van der Waals surface area contributed by atoms with Gasteiger partial charge < -0.3 is 9.88 Å². The van der Waals surface area contributed by atoms with E-state index in [1.54, 1.807) is 12.1 Å². The molecule has 6 heteroatoms. The van der Waals surface area contributed by atoms with Gasteiger partial charge in [0.15, 0.2) is 6.04 Å². The Hall–Kier alpha value is -2.63. The van der Waals surface area contributed by atoms with Crippen LogP contribution in [0.25, 0.3) is 0 Å². The van der Waals surface area contributed by atoms with Gasteiger partial charge in [-0.25, -0.2) is 4.39 Å². The van der Waals surface area contributed by atoms with Crippen LogP contribution < -0.4 is 10.2 Å². The number of carbonyl (C=O) groups excluding carboxylic acids is 2. The molecule has 27 heavy (non-hydrogen) atoms. The van der Waals surface area contributed by atoms with Crippen molar-refractivity contribution in [1.82, 2.24) is 9.88 Å². The smallest absolute Gasteiger partial charge is 0.249 e. The van der Waals surface area contributed by atoms with E-state index < -0.39 is 6.04 Å². The van der Waals surface area contributed by atoms with Crippen LogP contribution in [-0.4, -0.2) is 22.4 Å². The van der Waals surface area contributed by atoms with Crippen LogP contribution >= 0.6 is 0 Å². The fraction of sp³-hybridized carbons (Fsp3) is 0.429. The van der Waals surface area contributed by atoms with Crippen LogP contribution in [0.5, 0.6) is 0 Å². The summed E-state index contributed by atoms with van der Waals surface area (Å²) in [6, 6.07) is 8.84. The van der Waals surface area contributed by atoms with Gasteiger partial charge in [0, 0.05) is 17.9 Å². The first kappa shape index (κ1) is 17.8. The van der Waals surface area contributed by atoms with E-state index in [9.17, 15) is 14.0 Å². The van der Waals surface area contributed by atoms with E-state index in [0.717, 1.165) is 31.4 Å². The summed E-state index contributed by atoms with van der Waals surface area (Å²) in [7, 11) is 0. The van der Waals surface area contributed by atoms with Crippen molar-refractivity contribution in [3.63, 3.8) is 0 Å². The number of hydrogen-bond acceptors (Lipinski definition) is 2. The third-order valence-corrected chi connectivity index (χ3v) is 5.69. The number of hydrogen-bond donors (Lipinski definition) is 1. The second kappa shape index (κ2) is 7.18. The van der Waals surface area contributed by atoms with Crippen LogP contribution in [0.3, 0.4) is 0 Å². The van der Waals surface area contributed by atoms with Gasteiger partial charge in [-0.2, -0.15) is 0 Å². The minimum atomic E-state index is -0.744. The van der Waals surface area contributed by atoms with Crippen LogP contribution in [0.4, 0.5) is 10.1 Å². The molecule has 5 nitrogen and oxygen atoms in total. The highest BCUT2D eigenvalue weighted by Gasteiger charge is 2.39. The van der Waals surface area contributed by atoms with Crippen molar-refractivity contribution < 1.29 is 14.0 Å². The molecule has 2 aliphatic rings. The van der Waals surface area contributed by atoms with E-state index in [2.05, 4.69) is 12.2 Å². The quantitative estimate of drug-likeness (QED) is 0.901. The molecule has 1 saturated carbocycles. The number of nitrogens with one attached hydrogen (secondary N) is 1. The van der Waals surface area contributed by atoms with Crippen molar-refractivity contribution in [2.45, 2.75) is 51.2 Å². The predicted molar refractivity (Wildman–Crippen MR) is 101 cm³/mol. The fourth-order valence-corrected chi connectivity index (χ4v) is 4.15. The number of aromatic nitrogens is 1. The number of amides is 2. The predicted octanol–water partition coefficient (Wildman–Crippen LogP) is 3.41. The molecular weight excluding hydrogens is 345 g/mol. The Morgan fingerprint density at radius 3 is 2.52 bits per heavy atom. The minimum absolute atomic E-state index is 0.143. The average Bonchev–Trinajstić information content (AvgIpc) is 3.11. The van der Waals surface area contributed by atoms with Gasteiger partial charge in [-0.15, -0.1) is 0 Å². The van der Waals surface area contributed by atoms with E-state index in [1.165, 1.54) is 17.0 Å². The summed E-state index contributed by atoms with van der Waals surface area (Å²) in [5.41, 5.74) is 1.31. The van der Waals surface area contributed by atoms with Gasteiger partial charge in [0.25, 0.3) is 0 Å². The zero-order valence-electron chi connectivity index (χ0n) is 15.4. The number of nitrogens with zero attached hydrogens (tertiary/aromatic N) is 2. The molecule has 0 saturated heterocycles. The minimum Gasteiger partial charge on any atom is -0.351 e. The lowest BCUT2D eigenvalue weighted by molar-refractivity contribution is -0.128. The third kappa shape index (κ3) is 3.48. The molecule has 1 aliphatic heterocycles. The molecule has 2 heterocycles. The van der Waals surface area contributed by atoms with Crippen molar-refractivity contribution in [1.29, 1.82) is 0 Å². The third-order valence-electron chi connectivity index (χ3n) is 5.69. The van der Waals surface area contributed by atoms with Crippen LogP contribution in [0, 0.1) is 11.7 Å². The average molecular weight is 369 g/mol. The summed E-state index contributed by atoms with van der Waals surface area (Å²) >= 11 is 0. The molecule has 1 unspecified atom stereocenters. The Labute approximate surface area is 158 Å². The first-order valence-electron chi connectivity index (χ1n) is 9.56. The molecular formula is C21H24FN3O2. The fourth-order valence-electron chi connectivity index (χ4n) is 4.15. The Bertz CT molecular complexity index is 837. The van der Waals surface area contributed by atoms with E-state index in [1.807, 2.05) is 22.9 Å². The SMILES string of the molecule is CC1CCC(NC(=O)C2c3cccn3CC(=O)N2c2ccc(F)cc2)CC1. The van der Waals surface area contributed by atoms with Crippen LogP contribution in [0.2, 0.25) is 0 Å². The molecule has 1 atom stereocenters. The maximum absolute atomic E-state index is 13.3. The zero-order valence-corrected chi connectivity index (χ0v) is 15.4. The second-order valence-corrected chi connectivity index (χ2v) is 7.67. The van der Waals surface area contributed by atoms with E-state index >= 15 is 0 Å². The monoisotopic (exact) mass is 369 g/mol. The molecule has 4 rings (SSSR count). The molecule has 1 aliphatic carbocycles. The number of carbonyl (C=O) groups is 2. The van der Waals surface area contributed by atoms with Gasteiger partial charge in [0.1, 0.15) is 12.4 Å². The number of fused-ring (bicyclic) bond motifs is 1. The van der Waals surface area contributed by atoms with Gasteiger partial charge in [-0.3, -0.25) is 14.5 Å². The van der Waals surface area contributed by atoms with Crippen LogP contribution in [0.1, 0.15) is 44.3 Å². The first-order chi connectivity index (χ1) is 13.0. The zero-order chi connectivity index (χ0) is 19.0. The molecule has 0 spiro atoms. The number of benzene rings is 1. The molecule has 2 amide bonds. The Kier molecular flexibility index (Phi) is 4.72. The van der Waals surface area contributed by atoms with E-state index in [4.69, 9.17) is 0 Å². The van der Waals surface area contributed by atoms with Crippen molar-refractivity contribution in [3.05, 3.63) is 54.1 Å². The lowest BCUT2D eigenvalue weighted by Crippen LogP contribution is -2.51. The molecule has 1 fully saturated rings. The van der Waals surface area contributed by atoms with Gasteiger partial charge in [0.05, 0.1) is 5.69 Å². The second-order valence-electron chi connectivity index (χ2n) is 7.67. The van der Waals surface area contributed by atoms with Gasteiger partial charge in [-0.1, -0.05) is 6.92 Å². The number of halogens is 1. The van der Waals surface area contributed by atoms with E-state index in [-0.39, 0.29) is 30.2 Å². The summed E-state index contributed by atoms with van der Waals surface area (Å²) in [6.45, 7) is 2.41. The molecule has 1 aromatic heterocycles. The van der Waals surface area contributed by atoms with Crippen molar-refractivity contribution in [3.8, 4) is 0 Å². The van der Waals surface area contributed by atoms with E-state index in [0.29, 0.717) is 11.6 Å². The molecule has 0 radical (unpaired) electrons. The summed E-state index contributed by atoms with van der Waals surface area (Å²) < 4.78 is 15.2. The molecule has 1 aromatic carbocycles. The normalized spacial score (nSPS) is 25.2. The van der Waals surface area contributed by atoms with Gasteiger partial charge in [0.2, 0.25) is 11.8 Å². The summed E-state index contributed by atoms with van der Waals surface area (Å²) in [5.74, 6) is -0.0270. The summed E-state index contributed by atoms with van der Waals surface area (Å²) in [5, 5.41) is 3.15. The standard InChI is InChI=1S/C21H24FN3O2/c1-14-4-8-16(9-5-14)23-21(27)20-18-3-2-12-24(18)13-19(26)25(20)17-10-6-15(22)7-11-17/h2-3,6-7,10-12,14,16,20H,4-5,8-9,13H2,1H3,(H,23,27). The van der Waals surface area contributed by atoms with Crippen LogP contribution in [0.15, 0.2) is 42.6 Å². The lowest BCUT2D eigenvalue weighted by atomic mass is 9.87. The Balaban J connectivity index is 1.64. The Morgan fingerprint density at radius 1 is 1.11 bits per heavy atom. The molecule has 1 N–H and O–H groups in total. The molecule has 0 bridgehead atoms. The largest absolute Gasteiger partial charge is 0.351 e.